The third-order valence-corrected chi connectivity index (χ3v) is 23.1. The Bertz CT molecular complexity index is 1010. The summed E-state index contributed by atoms with van der Waals surface area (Å²) in [6, 6.07) is 0. The van der Waals surface area contributed by atoms with Crippen molar-refractivity contribution in [3.8, 4) is 0 Å². The van der Waals surface area contributed by atoms with Crippen molar-refractivity contribution in [2.24, 2.45) is 0 Å². The maximum absolute atomic E-state index is 13.4. The molecule has 0 radical (unpaired) electrons. The summed E-state index contributed by atoms with van der Waals surface area (Å²) in [6.45, 7) is 12.8. The van der Waals surface area contributed by atoms with Gasteiger partial charge in [-0.1, -0.05) is 0 Å². The number of carbonyl (C=O) groups excluding carboxylic acids is 2. The standard InChI is InChI=1S/C17H20Br2N2O4.2C4H9.Sn/c1-5-24-16(22)14-8(3)12(18)10(20-14)7-11-13(19)9(4)15(21-11)17(23)25-6-2;2*1-3-4-2;/h5-7H2,1-4H3,(H2,20,21,22,23);2*1,3-4H2,2H3;/q;;;+2/p-2. The Morgan fingerprint density at radius 1 is 0.794 bits per heavy atom. The average molecular weight is 707 g/mol. The Balaban J connectivity index is 2.46. The Morgan fingerprint density at radius 2 is 1.18 bits per heavy atom. The van der Waals surface area contributed by atoms with Crippen LogP contribution in [0.5, 0.6) is 0 Å². The SMILES string of the molecule is CCC[CH2][Sn]1([CH2]CCC)[n]2c(c(Br)c(C)c2C(=O)OCC)Cc2c(Br)c(C)c(C(=O)OCC)[n]21. The number of fused-ring (bicyclic) bond motifs is 2. The van der Waals surface area contributed by atoms with Gasteiger partial charge in [0.05, 0.1) is 0 Å². The zero-order valence-electron chi connectivity index (χ0n) is 21.1. The quantitative estimate of drug-likeness (QED) is 0.195. The summed E-state index contributed by atoms with van der Waals surface area (Å²) in [5, 5.41) is 0. The number of esters is 2. The number of hydrogen-bond acceptors (Lipinski definition) is 4. The monoisotopic (exact) mass is 706 g/mol. The van der Waals surface area contributed by atoms with E-state index >= 15 is 0 Å². The van der Waals surface area contributed by atoms with Crippen LogP contribution in [-0.4, -0.2) is 49.7 Å². The molecule has 0 saturated heterocycles. The molecular weight excluding hydrogens is 671 g/mol. The van der Waals surface area contributed by atoms with Gasteiger partial charge in [-0.15, -0.1) is 0 Å². The Hall–Kier alpha value is -0.741. The van der Waals surface area contributed by atoms with E-state index in [1.54, 1.807) is 0 Å². The number of halogens is 2. The van der Waals surface area contributed by atoms with Crippen molar-refractivity contribution < 1.29 is 19.1 Å². The van der Waals surface area contributed by atoms with Crippen LogP contribution in [0.1, 0.15) is 96.9 Å². The molecule has 3 heterocycles. The van der Waals surface area contributed by atoms with Crippen molar-refractivity contribution in [3.05, 3.63) is 42.8 Å². The van der Waals surface area contributed by atoms with E-state index in [4.69, 9.17) is 9.47 Å². The first-order chi connectivity index (χ1) is 16.2. The Morgan fingerprint density at radius 3 is 1.50 bits per heavy atom. The summed E-state index contributed by atoms with van der Waals surface area (Å²) < 4.78 is 19.9. The minimum atomic E-state index is -3.75. The van der Waals surface area contributed by atoms with Crippen LogP contribution in [0.2, 0.25) is 8.87 Å². The van der Waals surface area contributed by atoms with Gasteiger partial charge in [-0.05, 0) is 0 Å². The number of ether oxygens (including phenoxy) is 2. The topological polar surface area (TPSA) is 62.5 Å². The van der Waals surface area contributed by atoms with Gasteiger partial charge in [-0.3, -0.25) is 0 Å². The third-order valence-electron chi connectivity index (χ3n) is 6.83. The number of carbonyl (C=O) groups is 2. The number of hydrogen-bond donors (Lipinski definition) is 0. The molecule has 1 aliphatic rings. The van der Waals surface area contributed by atoms with Crippen molar-refractivity contribution in [2.45, 2.75) is 82.5 Å². The zero-order valence-corrected chi connectivity index (χ0v) is 27.2. The molecule has 0 fully saturated rings. The Labute approximate surface area is 224 Å². The summed E-state index contributed by atoms with van der Waals surface area (Å²) in [4.78, 5) is 26.7. The summed E-state index contributed by atoms with van der Waals surface area (Å²) in [5.41, 5.74) is 5.47. The van der Waals surface area contributed by atoms with E-state index in [9.17, 15) is 9.59 Å². The molecule has 6 nitrogen and oxygen atoms in total. The predicted molar refractivity (Wildman–Crippen MR) is 144 cm³/mol. The second-order valence-corrected chi connectivity index (χ2v) is 21.5. The molecule has 9 heteroatoms. The third kappa shape index (κ3) is 4.56. The van der Waals surface area contributed by atoms with E-state index in [0.717, 1.165) is 66.0 Å². The van der Waals surface area contributed by atoms with Crippen molar-refractivity contribution in [2.75, 3.05) is 13.2 Å². The number of unbranched alkanes of at least 4 members (excludes halogenated alkanes) is 2. The summed E-state index contributed by atoms with van der Waals surface area (Å²) in [7, 11) is 0. The fraction of sp³-hybridized carbons (Fsp3) is 0.600. The summed E-state index contributed by atoms with van der Waals surface area (Å²) >= 11 is 3.93. The average Bonchev–Trinajstić information content (AvgIpc) is 3.22. The van der Waals surface area contributed by atoms with Crippen molar-refractivity contribution >= 4 is 62.7 Å². The van der Waals surface area contributed by atoms with E-state index in [-0.39, 0.29) is 11.9 Å². The van der Waals surface area contributed by atoms with Crippen LogP contribution >= 0.6 is 31.9 Å². The maximum atomic E-state index is 13.4. The molecule has 3 rings (SSSR count). The molecule has 0 N–H and O–H groups in total. The fourth-order valence-corrected chi connectivity index (χ4v) is 24.2. The molecule has 0 spiro atoms. The first kappa shape index (κ1) is 27.8. The van der Waals surface area contributed by atoms with E-state index in [2.05, 4.69) is 51.3 Å². The molecule has 2 aromatic rings. The van der Waals surface area contributed by atoms with Crippen LogP contribution in [-0.2, 0) is 15.9 Å². The van der Waals surface area contributed by atoms with Crippen LogP contribution in [0.4, 0.5) is 0 Å². The molecule has 0 bridgehead atoms. The van der Waals surface area contributed by atoms with E-state index in [1.807, 2.05) is 27.7 Å². The van der Waals surface area contributed by atoms with Gasteiger partial charge in [0.1, 0.15) is 0 Å². The van der Waals surface area contributed by atoms with Crippen molar-refractivity contribution in [1.82, 2.24) is 5.58 Å². The van der Waals surface area contributed by atoms with Crippen LogP contribution in [0.15, 0.2) is 8.95 Å². The van der Waals surface area contributed by atoms with E-state index in [0.29, 0.717) is 31.0 Å². The normalized spacial score (nSPS) is 14.0. The molecule has 34 heavy (non-hydrogen) atoms. The first-order valence-electron chi connectivity index (χ1n) is 12.4. The van der Waals surface area contributed by atoms with Gasteiger partial charge in [0.2, 0.25) is 0 Å². The van der Waals surface area contributed by atoms with Gasteiger partial charge in [0.25, 0.3) is 0 Å². The molecule has 0 amide bonds. The molecule has 2 aromatic heterocycles. The molecule has 1 aliphatic heterocycles. The molecule has 0 saturated carbocycles. The summed E-state index contributed by atoms with van der Waals surface area (Å²) in [6.07, 6.45) is 4.85. The fourth-order valence-electron chi connectivity index (χ4n) is 5.31. The van der Waals surface area contributed by atoms with Crippen LogP contribution in [0.25, 0.3) is 0 Å². The molecule has 0 atom stereocenters. The molecule has 0 unspecified atom stereocenters. The van der Waals surface area contributed by atoms with Gasteiger partial charge < -0.3 is 0 Å². The van der Waals surface area contributed by atoms with Crippen molar-refractivity contribution in [1.29, 1.82) is 0 Å². The number of aromatic nitrogens is 2. The molecule has 0 aromatic carbocycles. The van der Waals surface area contributed by atoms with Gasteiger partial charge in [0, 0.05) is 0 Å². The van der Waals surface area contributed by atoms with Gasteiger partial charge in [-0.25, -0.2) is 0 Å². The second kappa shape index (κ2) is 11.5. The molecular formula is C25H36Br2N2O4Sn. The number of nitrogens with zero attached hydrogens (tertiary/aromatic N) is 2. The number of rotatable bonds is 10. The van der Waals surface area contributed by atoms with Gasteiger partial charge in [-0.2, -0.15) is 0 Å². The molecule has 188 valence electrons. The summed E-state index contributed by atoms with van der Waals surface area (Å²) in [5.74, 6) is -0.546. The first-order valence-corrected chi connectivity index (χ1v) is 20.5. The predicted octanol–water partition coefficient (Wildman–Crippen LogP) is 7.13. The molecule has 0 aliphatic carbocycles. The minimum absolute atomic E-state index is 0.273. The Kier molecular flexibility index (Phi) is 9.45. The van der Waals surface area contributed by atoms with Crippen LogP contribution < -0.4 is 0 Å². The zero-order chi connectivity index (χ0) is 25.2. The van der Waals surface area contributed by atoms with Crippen molar-refractivity contribution in [3.63, 3.8) is 0 Å². The van der Waals surface area contributed by atoms with E-state index < -0.39 is 18.9 Å². The van der Waals surface area contributed by atoms with Gasteiger partial charge >= 0.3 is 226 Å². The second-order valence-electron chi connectivity index (χ2n) is 8.95. The van der Waals surface area contributed by atoms with Crippen LogP contribution in [0.3, 0.4) is 0 Å². The van der Waals surface area contributed by atoms with E-state index in [1.165, 1.54) is 0 Å². The van der Waals surface area contributed by atoms with Gasteiger partial charge in [0.15, 0.2) is 0 Å². The van der Waals surface area contributed by atoms with Crippen LogP contribution in [0, 0.1) is 13.8 Å².